The van der Waals surface area contributed by atoms with Gasteiger partial charge in [-0.3, -0.25) is 14.5 Å². The second-order valence-corrected chi connectivity index (χ2v) is 12.3. The summed E-state index contributed by atoms with van der Waals surface area (Å²) in [6, 6.07) is 27.4. The molecule has 1 N–H and O–H groups in total. The first-order valence-corrected chi connectivity index (χ1v) is 15.9. The van der Waals surface area contributed by atoms with Crippen molar-refractivity contribution in [3.05, 3.63) is 113 Å². The number of fused-ring (bicyclic) bond motifs is 1. The van der Waals surface area contributed by atoms with Crippen LogP contribution in [0.25, 0.3) is 16.5 Å². The van der Waals surface area contributed by atoms with E-state index in [1.807, 2.05) is 31.2 Å². The Morgan fingerprint density at radius 1 is 0.955 bits per heavy atom. The number of hydrogen-bond donors (Lipinski definition) is 1. The summed E-state index contributed by atoms with van der Waals surface area (Å²) in [4.78, 5) is 28.6. The molecule has 0 saturated carbocycles. The number of thioether (sulfide) groups is 1. The van der Waals surface area contributed by atoms with Gasteiger partial charge in [-0.25, -0.2) is 0 Å². The summed E-state index contributed by atoms with van der Waals surface area (Å²) < 4.78 is 11.7. The lowest BCUT2D eigenvalue weighted by molar-refractivity contribution is -0.132. The first-order chi connectivity index (χ1) is 21.5. The van der Waals surface area contributed by atoms with Gasteiger partial charge in [0.1, 0.15) is 17.3 Å². The van der Waals surface area contributed by atoms with Gasteiger partial charge in [0.15, 0.2) is 4.34 Å². The maximum absolute atomic E-state index is 13.6. The van der Waals surface area contributed by atoms with Gasteiger partial charge in [-0.1, -0.05) is 84.6 Å². The maximum Gasteiger partial charge on any atom is 0.301 e. The van der Waals surface area contributed by atoms with E-state index in [4.69, 9.17) is 9.47 Å². The molecule has 1 amide bonds. The molecular formula is C34H29N3O5S2. The standard InChI is InChI=1S/C34H29N3O5S2/c1-3-18-42-26-12-7-10-23(19-26)29-28(30(38)22-14-16-25(41-2)17-15-22)31(39)32(40)37(29)33-35-36-34(44-33)43-20-24-11-6-9-21-8-4-5-13-27(21)24/h4-17,19,29,38H,3,18,20H2,1-2H3. The number of rotatable bonds is 10. The highest BCUT2D eigenvalue weighted by molar-refractivity contribution is 8.00. The van der Waals surface area contributed by atoms with Crippen molar-refractivity contribution in [3.63, 3.8) is 0 Å². The molecule has 1 atom stereocenters. The molecule has 0 radical (unpaired) electrons. The summed E-state index contributed by atoms with van der Waals surface area (Å²) >= 11 is 2.75. The molecule has 1 unspecified atom stereocenters. The molecule has 5 aromatic rings. The molecule has 0 aliphatic carbocycles. The highest BCUT2D eigenvalue weighted by Gasteiger charge is 2.48. The number of ether oxygens (including phenoxy) is 2. The molecule has 1 aliphatic rings. The Labute approximate surface area is 263 Å². The zero-order chi connectivity index (χ0) is 30.6. The summed E-state index contributed by atoms with van der Waals surface area (Å²) in [5.74, 6) is -0.0137. The Balaban J connectivity index is 1.37. The average Bonchev–Trinajstić information content (AvgIpc) is 3.64. The topological polar surface area (TPSA) is 102 Å². The van der Waals surface area contributed by atoms with Gasteiger partial charge >= 0.3 is 5.91 Å². The van der Waals surface area contributed by atoms with Gasteiger partial charge in [0, 0.05) is 11.3 Å². The zero-order valence-corrected chi connectivity index (χ0v) is 25.7. The first kappa shape index (κ1) is 29.4. The van der Waals surface area contributed by atoms with Gasteiger partial charge in [-0.2, -0.15) is 0 Å². The fourth-order valence-electron chi connectivity index (χ4n) is 5.16. The van der Waals surface area contributed by atoms with Crippen LogP contribution in [-0.2, 0) is 15.3 Å². The number of aromatic nitrogens is 2. The molecule has 6 rings (SSSR count). The van der Waals surface area contributed by atoms with E-state index in [0.29, 0.717) is 39.3 Å². The number of carbonyl (C=O) groups excluding carboxylic acids is 2. The second kappa shape index (κ2) is 12.9. The van der Waals surface area contributed by atoms with Crippen LogP contribution in [0, 0.1) is 0 Å². The molecule has 44 heavy (non-hydrogen) atoms. The molecule has 2 heterocycles. The fourth-order valence-corrected chi connectivity index (χ4v) is 7.03. The van der Waals surface area contributed by atoms with Crippen LogP contribution in [0.2, 0.25) is 0 Å². The molecule has 1 aromatic heterocycles. The summed E-state index contributed by atoms with van der Waals surface area (Å²) in [7, 11) is 1.55. The maximum atomic E-state index is 13.6. The lowest BCUT2D eigenvalue weighted by Crippen LogP contribution is -2.29. The Morgan fingerprint density at radius 2 is 1.73 bits per heavy atom. The van der Waals surface area contributed by atoms with Gasteiger partial charge < -0.3 is 14.6 Å². The molecule has 8 nitrogen and oxygen atoms in total. The van der Waals surface area contributed by atoms with Gasteiger partial charge in [-0.15, -0.1) is 10.2 Å². The van der Waals surface area contributed by atoms with Gasteiger partial charge in [0.25, 0.3) is 5.78 Å². The first-order valence-electron chi connectivity index (χ1n) is 14.1. The van der Waals surface area contributed by atoms with Crippen molar-refractivity contribution in [2.24, 2.45) is 0 Å². The molecule has 4 aromatic carbocycles. The van der Waals surface area contributed by atoms with Gasteiger partial charge in [0.2, 0.25) is 5.13 Å². The van der Waals surface area contributed by atoms with E-state index in [1.54, 1.807) is 49.6 Å². The van der Waals surface area contributed by atoms with E-state index < -0.39 is 17.7 Å². The van der Waals surface area contributed by atoms with Crippen LogP contribution in [-0.4, -0.2) is 40.7 Å². The molecule has 1 saturated heterocycles. The van der Waals surface area contributed by atoms with Crippen molar-refractivity contribution in [1.82, 2.24) is 10.2 Å². The van der Waals surface area contributed by atoms with E-state index in [-0.39, 0.29) is 16.5 Å². The summed E-state index contributed by atoms with van der Waals surface area (Å²) in [5, 5.41) is 22.8. The van der Waals surface area contributed by atoms with Crippen molar-refractivity contribution in [3.8, 4) is 11.5 Å². The number of benzene rings is 4. The number of Topliss-reactive ketones (excluding diaryl/α,β-unsaturated/α-hetero) is 1. The van der Waals surface area contributed by atoms with Crippen LogP contribution in [0.4, 0.5) is 5.13 Å². The summed E-state index contributed by atoms with van der Waals surface area (Å²) in [6.07, 6.45) is 0.824. The minimum atomic E-state index is -0.939. The van der Waals surface area contributed by atoms with Crippen molar-refractivity contribution in [2.45, 2.75) is 29.5 Å². The molecule has 0 spiro atoms. The zero-order valence-electron chi connectivity index (χ0n) is 24.1. The largest absolute Gasteiger partial charge is 0.507 e. The van der Waals surface area contributed by atoms with Crippen LogP contribution < -0.4 is 14.4 Å². The number of anilines is 1. The second-order valence-electron chi connectivity index (χ2n) is 10.1. The van der Waals surface area contributed by atoms with E-state index >= 15 is 0 Å². The Kier molecular flexibility index (Phi) is 8.63. The Morgan fingerprint density at radius 3 is 2.52 bits per heavy atom. The number of aliphatic hydroxyl groups is 1. The van der Waals surface area contributed by atoms with Crippen molar-refractivity contribution >= 4 is 56.5 Å². The predicted molar refractivity (Wildman–Crippen MR) is 173 cm³/mol. The van der Waals surface area contributed by atoms with Gasteiger partial charge in [0.05, 0.1) is 25.3 Å². The number of methoxy groups -OCH3 is 1. The minimum absolute atomic E-state index is 0.0343. The van der Waals surface area contributed by atoms with Crippen LogP contribution in [0.5, 0.6) is 11.5 Å². The highest BCUT2D eigenvalue weighted by Crippen LogP contribution is 2.45. The van der Waals surface area contributed by atoms with Crippen LogP contribution in [0.15, 0.2) is 101 Å². The van der Waals surface area contributed by atoms with Crippen LogP contribution in [0.1, 0.15) is 36.1 Å². The lowest BCUT2D eigenvalue weighted by atomic mass is 9.95. The number of aliphatic hydroxyl groups excluding tert-OH is 1. The predicted octanol–water partition coefficient (Wildman–Crippen LogP) is 7.41. The van der Waals surface area contributed by atoms with E-state index in [2.05, 4.69) is 34.5 Å². The number of amides is 1. The highest BCUT2D eigenvalue weighted by atomic mass is 32.2. The SMILES string of the molecule is CCCOc1cccc(C2C(=C(O)c3ccc(OC)cc3)C(=O)C(=O)N2c2nnc(SCc3cccc4ccccc34)s2)c1. The Hall–Kier alpha value is -4.67. The average molecular weight is 624 g/mol. The molecule has 222 valence electrons. The fraction of sp³-hybridized carbons (Fsp3) is 0.176. The quantitative estimate of drug-likeness (QED) is 0.0564. The van der Waals surface area contributed by atoms with E-state index in [1.165, 1.54) is 33.4 Å². The number of nitrogens with zero attached hydrogens (tertiary/aromatic N) is 3. The third-order valence-electron chi connectivity index (χ3n) is 7.29. The molecule has 1 aliphatic heterocycles. The van der Waals surface area contributed by atoms with Crippen molar-refractivity contribution in [1.29, 1.82) is 0 Å². The normalized spacial score (nSPS) is 16.0. The molecular weight excluding hydrogens is 595 g/mol. The number of hydrogen-bond acceptors (Lipinski definition) is 9. The minimum Gasteiger partial charge on any atom is -0.507 e. The Bertz CT molecular complexity index is 1860. The smallest absolute Gasteiger partial charge is 0.301 e. The van der Waals surface area contributed by atoms with E-state index in [0.717, 1.165) is 17.4 Å². The van der Waals surface area contributed by atoms with E-state index in [9.17, 15) is 14.7 Å². The molecule has 1 fully saturated rings. The van der Waals surface area contributed by atoms with Crippen molar-refractivity contribution in [2.75, 3.05) is 18.6 Å². The lowest BCUT2D eigenvalue weighted by Gasteiger charge is -2.23. The molecule has 10 heteroatoms. The number of ketones is 1. The van der Waals surface area contributed by atoms with Crippen molar-refractivity contribution < 1.29 is 24.2 Å². The monoisotopic (exact) mass is 623 g/mol. The number of carbonyl (C=O) groups is 2. The third-order valence-corrected chi connectivity index (χ3v) is 9.39. The van der Waals surface area contributed by atoms with Crippen LogP contribution >= 0.6 is 23.1 Å². The third kappa shape index (κ3) is 5.78. The summed E-state index contributed by atoms with van der Waals surface area (Å²) in [5.41, 5.74) is 2.12. The summed E-state index contributed by atoms with van der Waals surface area (Å²) in [6.45, 7) is 2.53. The molecule has 0 bridgehead atoms. The van der Waals surface area contributed by atoms with Gasteiger partial charge in [-0.05, 0) is 64.7 Å². The van der Waals surface area contributed by atoms with Crippen LogP contribution in [0.3, 0.4) is 0 Å².